The van der Waals surface area contributed by atoms with E-state index in [1.807, 2.05) is 4.90 Å². The first kappa shape index (κ1) is 26.0. The molecular formula is C29H39N3O4. The second-order valence-corrected chi connectivity index (χ2v) is 11.2. The minimum absolute atomic E-state index is 0.00594. The van der Waals surface area contributed by atoms with Crippen molar-refractivity contribution in [2.75, 3.05) is 32.8 Å². The van der Waals surface area contributed by atoms with Gasteiger partial charge in [0.25, 0.3) is 0 Å². The molecule has 1 fully saturated rings. The number of hydrogen-bond donors (Lipinski definition) is 2. The van der Waals surface area contributed by atoms with Crippen LogP contribution in [0.25, 0.3) is 11.1 Å². The molecule has 2 aliphatic heterocycles. The Morgan fingerprint density at radius 2 is 1.72 bits per heavy atom. The van der Waals surface area contributed by atoms with Crippen molar-refractivity contribution in [2.45, 2.75) is 59.1 Å². The van der Waals surface area contributed by atoms with Gasteiger partial charge in [0.15, 0.2) is 0 Å². The Balaban J connectivity index is 1.30. The largest absolute Gasteiger partial charge is 0.487 e. The fraction of sp³-hybridized carbons (Fsp3) is 0.517. The summed E-state index contributed by atoms with van der Waals surface area (Å²) in [6, 6.07) is 15.0. The molecule has 7 nitrogen and oxygen atoms in total. The van der Waals surface area contributed by atoms with Gasteiger partial charge in [-0.15, -0.1) is 0 Å². The SMILES string of the molecule is CC(=O)NCCNCc1ccc(-c2ccc3c(c2)CC2(CCN(C(=O)OCC(C)(C)C)CC2)O3)cc1. The van der Waals surface area contributed by atoms with Crippen LogP contribution < -0.4 is 15.4 Å². The van der Waals surface area contributed by atoms with Gasteiger partial charge in [-0.25, -0.2) is 4.79 Å². The summed E-state index contributed by atoms with van der Waals surface area (Å²) >= 11 is 0. The molecule has 4 rings (SSSR count). The number of piperidine rings is 1. The summed E-state index contributed by atoms with van der Waals surface area (Å²) in [7, 11) is 0. The van der Waals surface area contributed by atoms with Gasteiger partial charge in [0.05, 0.1) is 6.61 Å². The predicted octanol–water partition coefficient (Wildman–Crippen LogP) is 4.53. The van der Waals surface area contributed by atoms with Crippen molar-refractivity contribution in [1.29, 1.82) is 0 Å². The summed E-state index contributed by atoms with van der Waals surface area (Å²) < 4.78 is 12.0. The fourth-order valence-corrected chi connectivity index (χ4v) is 4.73. The normalized spacial score (nSPS) is 16.4. The summed E-state index contributed by atoms with van der Waals surface area (Å²) in [6.45, 7) is 11.6. The number of carbonyl (C=O) groups is 2. The van der Waals surface area contributed by atoms with E-state index in [9.17, 15) is 9.59 Å². The molecule has 2 aromatic carbocycles. The minimum Gasteiger partial charge on any atom is -0.487 e. The molecule has 2 aromatic rings. The highest BCUT2D eigenvalue weighted by atomic mass is 16.6. The highest BCUT2D eigenvalue weighted by molar-refractivity contribution is 5.72. The van der Waals surface area contributed by atoms with E-state index >= 15 is 0 Å². The summed E-state index contributed by atoms with van der Waals surface area (Å²) in [5.41, 5.74) is 4.54. The van der Waals surface area contributed by atoms with Crippen molar-refractivity contribution >= 4 is 12.0 Å². The number of amides is 2. The van der Waals surface area contributed by atoms with Crippen LogP contribution in [0, 0.1) is 5.41 Å². The zero-order valence-electron chi connectivity index (χ0n) is 22.0. The highest BCUT2D eigenvalue weighted by Crippen LogP contribution is 2.42. The smallest absolute Gasteiger partial charge is 0.409 e. The maximum Gasteiger partial charge on any atom is 0.409 e. The lowest BCUT2D eigenvalue weighted by atomic mass is 9.86. The average Bonchev–Trinajstić information content (AvgIpc) is 3.19. The number of benzene rings is 2. The first-order valence-corrected chi connectivity index (χ1v) is 12.9. The van der Waals surface area contributed by atoms with Crippen molar-refractivity contribution in [3.63, 3.8) is 0 Å². The fourth-order valence-electron chi connectivity index (χ4n) is 4.73. The molecule has 7 heteroatoms. The standard InChI is InChI=1S/C29H39N3O4/c1-21(33)31-14-13-30-19-22-5-7-23(8-6-22)24-9-10-26-25(17-24)18-29(36-26)11-15-32(16-12-29)27(34)35-20-28(2,3)4/h5-10,17,30H,11-16,18-20H2,1-4H3,(H,31,33). The van der Waals surface area contributed by atoms with Gasteiger partial charge in [0, 0.05) is 58.9 Å². The third-order valence-electron chi connectivity index (χ3n) is 6.75. The number of fused-ring (bicyclic) bond motifs is 1. The van der Waals surface area contributed by atoms with Crippen molar-refractivity contribution in [1.82, 2.24) is 15.5 Å². The molecule has 0 unspecified atom stereocenters. The molecule has 1 saturated heterocycles. The molecule has 2 N–H and O–H groups in total. The molecule has 0 atom stereocenters. The molecule has 2 amide bonds. The summed E-state index contributed by atoms with van der Waals surface area (Å²) in [5, 5.41) is 6.13. The third-order valence-corrected chi connectivity index (χ3v) is 6.75. The number of ether oxygens (including phenoxy) is 2. The van der Waals surface area contributed by atoms with E-state index in [0.29, 0.717) is 26.2 Å². The molecule has 0 radical (unpaired) electrons. The van der Waals surface area contributed by atoms with E-state index in [4.69, 9.17) is 9.47 Å². The topological polar surface area (TPSA) is 79.9 Å². The van der Waals surface area contributed by atoms with Gasteiger partial charge in [-0.05, 0) is 39.8 Å². The molecule has 0 aromatic heterocycles. The van der Waals surface area contributed by atoms with Crippen LogP contribution >= 0.6 is 0 Å². The Morgan fingerprint density at radius 1 is 1.03 bits per heavy atom. The number of hydrogen-bond acceptors (Lipinski definition) is 5. The van der Waals surface area contributed by atoms with E-state index in [2.05, 4.69) is 73.9 Å². The molecule has 2 heterocycles. The maximum absolute atomic E-state index is 12.4. The van der Waals surface area contributed by atoms with Crippen molar-refractivity contribution in [3.8, 4) is 16.9 Å². The summed E-state index contributed by atoms with van der Waals surface area (Å²) in [4.78, 5) is 25.2. The number of likely N-dealkylation sites (tertiary alicyclic amines) is 1. The van der Waals surface area contributed by atoms with E-state index in [0.717, 1.165) is 38.1 Å². The van der Waals surface area contributed by atoms with Gasteiger partial charge in [-0.3, -0.25) is 4.79 Å². The number of nitrogens with zero attached hydrogens (tertiary/aromatic N) is 1. The van der Waals surface area contributed by atoms with Gasteiger partial charge >= 0.3 is 6.09 Å². The highest BCUT2D eigenvalue weighted by Gasteiger charge is 2.43. The Bertz CT molecular complexity index is 1070. The van der Waals surface area contributed by atoms with Crippen molar-refractivity contribution < 1.29 is 19.1 Å². The average molecular weight is 494 g/mol. The van der Waals surface area contributed by atoms with Crippen LogP contribution in [0.1, 0.15) is 51.7 Å². The Kier molecular flexibility index (Phi) is 7.88. The maximum atomic E-state index is 12.4. The van der Waals surface area contributed by atoms with Crippen molar-refractivity contribution in [2.24, 2.45) is 5.41 Å². The molecule has 0 aliphatic carbocycles. The molecule has 36 heavy (non-hydrogen) atoms. The first-order chi connectivity index (χ1) is 17.1. The van der Waals surface area contributed by atoms with Crippen LogP contribution in [-0.4, -0.2) is 55.3 Å². The molecule has 0 bridgehead atoms. The first-order valence-electron chi connectivity index (χ1n) is 12.9. The second-order valence-electron chi connectivity index (χ2n) is 11.2. The van der Waals surface area contributed by atoms with E-state index in [-0.39, 0.29) is 23.0 Å². The van der Waals surface area contributed by atoms with E-state index in [1.165, 1.54) is 29.2 Å². The Labute approximate surface area is 214 Å². The number of nitrogens with one attached hydrogen (secondary N) is 2. The second kappa shape index (κ2) is 10.9. The lowest BCUT2D eigenvalue weighted by Crippen LogP contribution is -2.49. The summed E-state index contributed by atoms with van der Waals surface area (Å²) in [5.74, 6) is 0.955. The predicted molar refractivity (Wildman–Crippen MR) is 141 cm³/mol. The van der Waals surface area contributed by atoms with Crippen molar-refractivity contribution in [3.05, 3.63) is 53.6 Å². The number of rotatable bonds is 7. The van der Waals surface area contributed by atoms with Gasteiger partial charge in [0.2, 0.25) is 5.91 Å². The van der Waals surface area contributed by atoms with Crippen LogP contribution in [0.15, 0.2) is 42.5 Å². The molecule has 2 aliphatic rings. The lowest BCUT2D eigenvalue weighted by Gasteiger charge is -2.38. The van der Waals surface area contributed by atoms with Crippen LogP contribution in [0.2, 0.25) is 0 Å². The molecule has 1 spiro atoms. The van der Waals surface area contributed by atoms with Gasteiger partial charge in [-0.2, -0.15) is 0 Å². The zero-order valence-corrected chi connectivity index (χ0v) is 22.0. The van der Waals surface area contributed by atoms with Crippen LogP contribution in [0.5, 0.6) is 5.75 Å². The van der Waals surface area contributed by atoms with E-state index < -0.39 is 0 Å². The third kappa shape index (κ3) is 6.78. The molecule has 194 valence electrons. The van der Waals surface area contributed by atoms with Gasteiger partial charge < -0.3 is 25.0 Å². The Hall–Kier alpha value is -3.06. The number of carbonyl (C=O) groups excluding carboxylic acids is 2. The quantitative estimate of drug-likeness (QED) is 0.554. The molecule has 0 saturated carbocycles. The van der Waals surface area contributed by atoms with Crippen LogP contribution in [-0.2, 0) is 22.5 Å². The summed E-state index contributed by atoms with van der Waals surface area (Å²) in [6.07, 6.45) is 2.28. The minimum atomic E-state index is -0.228. The van der Waals surface area contributed by atoms with Crippen LogP contribution in [0.3, 0.4) is 0 Å². The van der Waals surface area contributed by atoms with Gasteiger partial charge in [0.1, 0.15) is 11.4 Å². The molecular weight excluding hydrogens is 454 g/mol. The van der Waals surface area contributed by atoms with E-state index in [1.54, 1.807) is 0 Å². The monoisotopic (exact) mass is 493 g/mol. The zero-order chi connectivity index (χ0) is 25.8. The van der Waals surface area contributed by atoms with Gasteiger partial charge in [-0.1, -0.05) is 51.1 Å². The Morgan fingerprint density at radius 3 is 2.39 bits per heavy atom. The van der Waals surface area contributed by atoms with Crippen LogP contribution in [0.4, 0.5) is 4.79 Å². The lowest BCUT2D eigenvalue weighted by molar-refractivity contribution is -0.118.